The quantitative estimate of drug-likeness (QED) is 0.265. The lowest BCUT2D eigenvalue weighted by atomic mass is 10.1. The van der Waals surface area contributed by atoms with E-state index in [-0.39, 0.29) is 42.4 Å². The highest BCUT2D eigenvalue weighted by atomic mass is 19.1. The lowest BCUT2D eigenvalue weighted by Gasteiger charge is -2.36. The van der Waals surface area contributed by atoms with Crippen LogP contribution in [-0.4, -0.2) is 60.4 Å². The van der Waals surface area contributed by atoms with Gasteiger partial charge in [-0.3, -0.25) is 9.59 Å². The van der Waals surface area contributed by atoms with Crippen molar-refractivity contribution in [2.45, 2.75) is 13.5 Å². The molecule has 0 aliphatic carbocycles. The van der Waals surface area contributed by atoms with E-state index < -0.39 is 5.82 Å². The third kappa shape index (κ3) is 7.77. The van der Waals surface area contributed by atoms with Gasteiger partial charge in [0, 0.05) is 49.7 Å². The number of carbonyl (C=O) groups excluding carboxylic acids is 3. The summed E-state index contributed by atoms with van der Waals surface area (Å²) < 4.78 is 27.3. The molecule has 8 nitrogen and oxygen atoms in total. The number of nitrogens with zero attached hydrogens (tertiary/aromatic N) is 3. The zero-order valence-electron chi connectivity index (χ0n) is 24.3. The van der Waals surface area contributed by atoms with Gasteiger partial charge in [-0.05, 0) is 73.2 Å². The zero-order valence-corrected chi connectivity index (χ0v) is 24.3. The predicted molar refractivity (Wildman–Crippen MR) is 167 cm³/mol. The number of urea groups is 1. The van der Waals surface area contributed by atoms with Crippen LogP contribution in [0.4, 0.5) is 30.6 Å². The summed E-state index contributed by atoms with van der Waals surface area (Å²) in [5.41, 5.74) is 3.83. The smallest absolute Gasteiger partial charge is 0.322 e. The summed E-state index contributed by atoms with van der Waals surface area (Å²) >= 11 is 0. The molecule has 1 aliphatic heterocycles. The number of hydrogen-bond donors (Lipinski definition) is 2. The SMILES string of the molecule is Cc1ccc(C(=O)N(CC(=O)Nc2ccc(N3CCN(C(=O)Nc4ccccc4F)CC3)cc2)Cc2ccc(F)cc2)cc1. The fraction of sp³-hybridized carbons (Fsp3) is 0.206. The number of para-hydroxylation sites is 1. The number of carbonyl (C=O) groups is 3. The number of amides is 4. The molecule has 4 aromatic rings. The average Bonchev–Trinajstić information content (AvgIpc) is 3.03. The highest BCUT2D eigenvalue weighted by molar-refractivity contribution is 5.99. The molecule has 0 aromatic heterocycles. The second-order valence-electron chi connectivity index (χ2n) is 10.6. The second-order valence-corrected chi connectivity index (χ2v) is 10.6. The Morgan fingerprint density at radius 1 is 0.773 bits per heavy atom. The van der Waals surface area contributed by atoms with E-state index in [9.17, 15) is 23.2 Å². The van der Waals surface area contributed by atoms with Gasteiger partial charge >= 0.3 is 6.03 Å². The molecule has 4 amide bonds. The maximum atomic E-state index is 13.9. The van der Waals surface area contributed by atoms with Crippen molar-refractivity contribution in [3.63, 3.8) is 0 Å². The van der Waals surface area contributed by atoms with E-state index in [4.69, 9.17) is 0 Å². The summed E-state index contributed by atoms with van der Waals surface area (Å²) in [5.74, 6) is -1.53. The maximum absolute atomic E-state index is 13.9. The Hall–Kier alpha value is -5.25. The standard InChI is InChI=1S/C34H33F2N5O3/c1-24-6-10-26(11-7-24)33(43)41(22-25-8-12-27(35)13-9-25)23-32(42)37-28-14-16-29(17-15-28)39-18-20-40(21-19-39)34(44)38-31-5-3-2-4-30(31)36/h2-17H,18-23H2,1H3,(H,37,42)(H,38,44). The fourth-order valence-corrected chi connectivity index (χ4v) is 4.94. The van der Waals surface area contributed by atoms with E-state index in [2.05, 4.69) is 15.5 Å². The van der Waals surface area contributed by atoms with Gasteiger partial charge in [-0.15, -0.1) is 0 Å². The maximum Gasteiger partial charge on any atom is 0.322 e. The number of hydrogen-bond acceptors (Lipinski definition) is 4. The normalized spacial score (nSPS) is 12.9. The van der Waals surface area contributed by atoms with Crippen molar-refractivity contribution in [3.8, 4) is 0 Å². The van der Waals surface area contributed by atoms with Crippen LogP contribution < -0.4 is 15.5 Å². The molecular weight excluding hydrogens is 564 g/mol. The third-order valence-electron chi connectivity index (χ3n) is 7.41. The van der Waals surface area contributed by atoms with Crippen molar-refractivity contribution in [3.05, 3.63) is 125 Å². The Morgan fingerprint density at radius 3 is 2.09 bits per heavy atom. The first kappa shape index (κ1) is 30.2. The van der Waals surface area contributed by atoms with Crippen LogP contribution in [0.5, 0.6) is 0 Å². The summed E-state index contributed by atoms with van der Waals surface area (Å²) in [4.78, 5) is 44.2. The van der Waals surface area contributed by atoms with Gasteiger partial charge in [0.2, 0.25) is 5.91 Å². The van der Waals surface area contributed by atoms with Crippen LogP contribution in [0, 0.1) is 18.6 Å². The Morgan fingerprint density at radius 2 is 1.43 bits per heavy atom. The van der Waals surface area contributed by atoms with E-state index in [1.54, 1.807) is 53.4 Å². The molecule has 2 N–H and O–H groups in total. The van der Waals surface area contributed by atoms with Crippen molar-refractivity contribution < 1.29 is 23.2 Å². The Labute approximate surface area is 254 Å². The molecule has 44 heavy (non-hydrogen) atoms. The average molecular weight is 598 g/mol. The van der Waals surface area contributed by atoms with E-state index in [0.29, 0.717) is 43.0 Å². The minimum Gasteiger partial charge on any atom is -0.368 e. The van der Waals surface area contributed by atoms with Crippen LogP contribution in [0.25, 0.3) is 0 Å². The molecule has 5 rings (SSSR count). The van der Waals surface area contributed by atoms with Crippen LogP contribution in [0.15, 0.2) is 97.1 Å². The number of rotatable bonds is 8. The van der Waals surface area contributed by atoms with Crippen molar-refractivity contribution >= 4 is 34.9 Å². The molecule has 0 saturated carbocycles. The molecule has 226 valence electrons. The summed E-state index contributed by atoms with van der Waals surface area (Å²) in [7, 11) is 0. The first-order chi connectivity index (χ1) is 21.2. The van der Waals surface area contributed by atoms with E-state index in [0.717, 1.165) is 11.3 Å². The monoisotopic (exact) mass is 597 g/mol. The molecule has 1 heterocycles. The predicted octanol–water partition coefficient (Wildman–Crippen LogP) is 5.91. The summed E-state index contributed by atoms with van der Waals surface area (Å²) in [5, 5.41) is 5.48. The molecule has 1 aliphatic rings. The van der Waals surface area contributed by atoms with E-state index >= 15 is 0 Å². The first-order valence-corrected chi connectivity index (χ1v) is 14.3. The number of aryl methyl sites for hydroxylation is 1. The van der Waals surface area contributed by atoms with Gasteiger partial charge in [0.25, 0.3) is 5.91 Å². The van der Waals surface area contributed by atoms with Crippen molar-refractivity contribution in [1.82, 2.24) is 9.80 Å². The summed E-state index contributed by atoms with van der Waals surface area (Å²) in [6.07, 6.45) is 0. The number of piperazine rings is 1. The van der Waals surface area contributed by atoms with Crippen molar-refractivity contribution in [1.29, 1.82) is 0 Å². The Kier molecular flexibility index (Phi) is 9.49. The molecule has 0 bridgehead atoms. The molecular formula is C34H33F2N5O3. The zero-order chi connectivity index (χ0) is 31.1. The van der Waals surface area contributed by atoms with Gasteiger partial charge in [-0.2, -0.15) is 0 Å². The highest BCUT2D eigenvalue weighted by Crippen LogP contribution is 2.21. The summed E-state index contributed by atoms with van der Waals surface area (Å²) in [6, 6.07) is 26.0. The third-order valence-corrected chi connectivity index (χ3v) is 7.41. The number of benzene rings is 4. The number of nitrogens with one attached hydrogen (secondary N) is 2. The molecule has 10 heteroatoms. The van der Waals surface area contributed by atoms with Crippen LogP contribution in [0.1, 0.15) is 21.5 Å². The van der Waals surface area contributed by atoms with E-state index in [1.165, 1.54) is 29.2 Å². The van der Waals surface area contributed by atoms with Crippen molar-refractivity contribution in [2.75, 3.05) is 48.3 Å². The minimum absolute atomic E-state index is 0.142. The molecule has 0 atom stereocenters. The highest BCUT2D eigenvalue weighted by Gasteiger charge is 2.23. The van der Waals surface area contributed by atoms with Crippen LogP contribution in [0.2, 0.25) is 0 Å². The molecule has 0 unspecified atom stereocenters. The molecule has 0 spiro atoms. The Bertz CT molecular complexity index is 1600. The minimum atomic E-state index is -0.481. The van der Waals surface area contributed by atoms with Crippen LogP contribution in [-0.2, 0) is 11.3 Å². The van der Waals surface area contributed by atoms with Gasteiger partial charge in [0.1, 0.15) is 18.2 Å². The number of anilines is 3. The second kappa shape index (κ2) is 13.8. The van der Waals surface area contributed by atoms with Crippen molar-refractivity contribution in [2.24, 2.45) is 0 Å². The van der Waals surface area contributed by atoms with Gasteiger partial charge in [0.05, 0.1) is 5.69 Å². The summed E-state index contributed by atoms with van der Waals surface area (Å²) in [6.45, 7) is 4.01. The van der Waals surface area contributed by atoms with Crippen LogP contribution >= 0.6 is 0 Å². The van der Waals surface area contributed by atoms with Crippen LogP contribution in [0.3, 0.4) is 0 Å². The van der Waals surface area contributed by atoms with Gasteiger partial charge in [0.15, 0.2) is 0 Å². The lowest BCUT2D eigenvalue weighted by molar-refractivity contribution is -0.117. The number of halogens is 2. The fourth-order valence-electron chi connectivity index (χ4n) is 4.94. The first-order valence-electron chi connectivity index (χ1n) is 14.3. The van der Waals surface area contributed by atoms with Gasteiger partial charge < -0.3 is 25.3 Å². The molecule has 0 radical (unpaired) electrons. The molecule has 1 saturated heterocycles. The topological polar surface area (TPSA) is 85.0 Å². The largest absolute Gasteiger partial charge is 0.368 e. The lowest BCUT2D eigenvalue weighted by Crippen LogP contribution is -2.50. The van der Waals surface area contributed by atoms with Gasteiger partial charge in [-0.25, -0.2) is 13.6 Å². The Balaban J connectivity index is 1.17. The molecule has 1 fully saturated rings. The van der Waals surface area contributed by atoms with Gasteiger partial charge in [-0.1, -0.05) is 42.0 Å². The van der Waals surface area contributed by atoms with E-state index in [1.807, 2.05) is 31.2 Å². The molecule has 4 aromatic carbocycles.